The topological polar surface area (TPSA) is 58.4 Å². The van der Waals surface area contributed by atoms with Crippen LogP contribution in [0.1, 0.15) is 39.5 Å². The molecule has 1 saturated carbocycles. The Morgan fingerprint density at radius 3 is 2.63 bits per heavy atom. The van der Waals surface area contributed by atoms with Gasteiger partial charge in [-0.3, -0.25) is 4.79 Å². The molecule has 0 bridgehead atoms. The molecule has 4 nitrogen and oxygen atoms in total. The number of hydrogen-bond acceptors (Lipinski definition) is 3. The summed E-state index contributed by atoms with van der Waals surface area (Å²) in [7, 11) is 4.13. The standard InChI is InChI=1S/C15H31N3O/c1-15(2,11-18(3)4)10-17-14(19)13-7-5-6-12(8-13)9-16/h12-13H,5-11,16H2,1-4H3,(H,17,19). The van der Waals surface area contributed by atoms with Crippen molar-refractivity contribution < 1.29 is 4.79 Å². The first-order valence-corrected chi connectivity index (χ1v) is 7.46. The van der Waals surface area contributed by atoms with Crippen LogP contribution in [-0.2, 0) is 4.79 Å². The Labute approximate surface area is 118 Å². The minimum Gasteiger partial charge on any atom is -0.355 e. The lowest BCUT2D eigenvalue weighted by molar-refractivity contribution is -0.126. The van der Waals surface area contributed by atoms with Crippen LogP contribution in [0.5, 0.6) is 0 Å². The van der Waals surface area contributed by atoms with E-state index >= 15 is 0 Å². The van der Waals surface area contributed by atoms with Crippen LogP contribution in [0.3, 0.4) is 0 Å². The number of nitrogens with two attached hydrogens (primary N) is 1. The van der Waals surface area contributed by atoms with Crippen LogP contribution >= 0.6 is 0 Å². The first kappa shape index (κ1) is 16.4. The van der Waals surface area contributed by atoms with E-state index in [4.69, 9.17) is 5.73 Å². The largest absolute Gasteiger partial charge is 0.355 e. The van der Waals surface area contributed by atoms with Crippen LogP contribution in [0.4, 0.5) is 0 Å². The van der Waals surface area contributed by atoms with Gasteiger partial charge < -0.3 is 16.0 Å². The van der Waals surface area contributed by atoms with Gasteiger partial charge >= 0.3 is 0 Å². The highest BCUT2D eigenvalue weighted by Crippen LogP contribution is 2.28. The predicted molar refractivity (Wildman–Crippen MR) is 79.8 cm³/mol. The van der Waals surface area contributed by atoms with Gasteiger partial charge in [-0.2, -0.15) is 0 Å². The predicted octanol–water partition coefficient (Wildman–Crippen LogP) is 1.46. The average molecular weight is 269 g/mol. The fourth-order valence-electron chi connectivity index (χ4n) is 3.13. The number of amides is 1. The van der Waals surface area contributed by atoms with Gasteiger partial charge in [-0.1, -0.05) is 20.3 Å². The summed E-state index contributed by atoms with van der Waals surface area (Å²) < 4.78 is 0. The molecule has 0 radical (unpaired) electrons. The van der Waals surface area contributed by atoms with E-state index in [1.807, 2.05) is 0 Å². The summed E-state index contributed by atoms with van der Waals surface area (Å²) in [5, 5.41) is 3.14. The van der Waals surface area contributed by atoms with Crippen molar-refractivity contribution in [1.29, 1.82) is 0 Å². The van der Waals surface area contributed by atoms with Crippen LogP contribution in [-0.4, -0.2) is 44.5 Å². The third-order valence-electron chi connectivity index (χ3n) is 3.97. The van der Waals surface area contributed by atoms with Crippen LogP contribution in [0, 0.1) is 17.3 Å². The van der Waals surface area contributed by atoms with Gasteiger partial charge in [0, 0.05) is 19.0 Å². The summed E-state index contributed by atoms with van der Waals surface area (Å²) in [6.07, 6.45) is 4.32. The van der Waals surface area contributed by atoms with Crippen molar-refractivity contribution in [1.82, 2.24) is 10.2 Å². The van der Waals surface area contributed by atoms with Crippen molar-refractivity contribution in [3.05, 3.63) is 0 Å². The second kappa shape index (κ2) is 7.25. The molecule has 2 unspecified atom stereocenters. The van der Waals surface area contributed by atoms with Crippen molar-refractivity contribution in [2.24, 2.45) is 23.0 Å². The molecule has 112 valence electrons. The fourth-order valence-corrected chi connectivity index (χ4v) is 3.13. The van der Waals surface area contributed by atoms with Gasteiger partial charge in [-0.25, -0.2) is 0 Å². The summed E-state index contributed by atoms with van der Waals surface area (Å²) in [4.78, 5) is 14.4. The van der Waals surface area contributed by atoms with Crippen LogP contribution < -0.4 is 11.1 Å². The molecule has 0 aromatic carbocycles. The van der Waals surface area contributed by atoms with Crippen LogP contribution in [0.2, 0.25) is 0 Å². The zero-order valence-corrected chi connectivity index (χ0v) is 13.0. The Morgan fingerprint density at radius 1 is 1.37 bits per heavy atom. The highest BCUT2D eigenvalue weighted by atomic mass is 16.1. The van der Waals surface area contributed by atoms with E-state index in [2.05, 4.69) is 38.2 Å². The molecule has 0 spiro atoms. The van der Waals surface area contributed by atoms with Crippen LogP contribution in [0.25, 0.3) is 0 Å². The van der Waals surface area contributed by atoms with Gasteiger partial charge in [0.2, 0.25) is 5.91 Å². The quantitative estimate of drug-likeness (QED) is 0.767. The maximum Gasteiger partial charge on any atom is 0.223 e. The molecule has 1 fully saturated rings. The Balaban J connectivity index is 2.38. The van der Waals surface area contributed by atoms with Gasteiger partial charge in [-0.15, -0.1) is 0 Å². The molecule has 2 atom stereocenters. The second-order valence-corrected chi connectivity index (χ2v) is 7.09. The Hall–Kier alpha value is -0.610. The Bertz CT molecular complexity index is 289. The third-order valence-corrected chi connectivity index (χ3v) is 3.97. The molecule has 1 aliphatic carbocycles. The lowest BCUT2D eigenvalue weighted by Crippen LogP contribution is -2.43. The summed E-state index contributed by atoms with van der Waals surface area (Å²) in [5.74, 6) is 0.946. The van der Waals surface area contributed by atoms with E-state index in [-0.39, 0.29) is 17.2 Å². The average Bonchev–Trinajstić information content (AvgIpc) is 2.34. The molecule has 19 heavy (non-hydrogen) atoms. The number of carbonyl (C=O) groups is 1. The lowest BCUT2D eigenvalue weighted by Gasteiger charge is -2.31. The molecule has 0 aromatic rings. The summed E-state index contributed by atoms with van der Waals surface area (Å²) in [6.45, 7) is 6.82. The van der Waals surface area contributed by atoms with E-state index in [9.17, 15) is 4.79 Å². The van der Waals surface area contributed by atoms with Crippen molar-refractivity contribution in [2.75, 3.05) is 33.7 Å². The number of carbonyl (C=O) groups excluding carboxylic acids is 1. The normalized spacial score (nSPS) is 24.5. The van der Waals surface area contributed by atoms with Crippen molar-refractivity contribution in [3.63, 3.8) is 0 Å². The molecule has 1 amide bonds. The second-order valence-electron chi connectivity index (χ2n) is 7.09. The first-order chi connectivity index (χ1) is 8.84. The monoisotopic (exact) mass is 269 g/mol. The minimum atomic E-state index is 0.112. The van der Waals surface area contributed by atoms with E-state index in [0.717, 1.165) is 38.9 Å². The number of nitrogens with one attached hydrogen (secondary N) is 1. The molecule has 1 aliphatic rings. The zero-order chi connectivity index (χ0) is 14.5. The lowest BCUT2D eigenvalue weighted by atomic mass is 9.81. The van der Waals surface area contributed by atoms with Crippen molar-refractivity contribution in [2.45, 2.75) is 39.5 Å². The van der Waals surface area contributed by atoms with Crippen molar-refractivity contribution >= 4 is 5.91 Å². The molecule has 1 rings (SSSR count). The summed E-state index contributed by atoms with van der Waals surface area (Å²) >= 11 is 0. The molecule has 0 aromatic heterocycles. The molecular formula is C15H31N3O. The molecule has 0 aliphatic heterocycles. The maximum absolute atomic E-state index is 12.2. The Morgan fingerprint density at radius 2 is 2.05 bits per heavy atom. The van der Waals surface area contributed by atoms with E-state index in [1.165, 1.54) is 6.42 Å². The SMILES string of the molecule is CN(C)CC(C)(C)CNC(=O)C1CCCC(CN)C1. The summed E-state index contributed by atoms with van der Waals surface area (Å²) in [5.41, 5.74) is 5.84. The molecule has 0 heterocycles. The Kier molecular flexibility index (Phi) is 6.27. The number of hydrogen-bond donors (Lipinski definition) is 2. The zero-order valence-electron chi connectivity index (χ0n) is 13.0. The first-order valence-electron chi connectivity index (χ1n) is 7.46. The van der Waals surface area contributed by atoms with Gasteiger partial charge in [0.1, 0.15) is 0 Å². The number of nitrogens with zero attached hydrogens (tertiary/aromatic N) is 1. The molecule has 3 N–H and O–H groups in total. The van der Waals surface area contributed by atoms with Crippen molar-refractivity contribution in [3.8, 4) is 0 Å². The fraction of sp³-hybridized carbons (Fsp3) is 0.933. The van der Waals surface area contributed by atoms with Gasteiger partial charge in [-0.05, 0) is 51.2 Å². The highest BCUT2D eigenvalue weighted by molar-refractivity contribution is 5.78. The van der Waals surface area contributed by atoms with Gasteiger partial charge in [0.15, 0.2) is 0 Å². The van der Waals surface area contributed by atoms with E-state index in [1.54, 1.807) is 0 Å². The van der Waals surface area contributed by atoms with Gasteiger partial charge in [0.05, 0.1) is 0 Å². The molecule has 4 heteroatoms. The maximum atomic E-state index is 12.2. The van der Waals surface area contributed by atoms with Gasteiger partial charge in [0.25, 0.3) is 0 Å². The van der Waals surface area contributed by atoms with E-state index < -0.39 is 0 Å². The minimum absolute atomic E-state index is 0.112. The summed E-state index contributed by atoms with van der Waals surface area (Å²) in [6, 6.07) is 0. The highest BCUT2D eigenvalue weighted by Gasteiger charge is 2.28. The molecule has 0 saturated heterocycles. The molecular weight excluding hydrogens is 238 g/mol. The number of rotatable bonds is 6. The van der Waals surface area contributed by atoms with Crippen LogP contribution in [0.15, 0.2) is 0 Å². The van der Waals surface area contributed by atoms with E-state index in [0.29, 0.717) is 5.92 Å². The smallest absolute Gasteiger partial charge is 0.223 e. The third kappa shape index (κ3) is 5.91.